The van der Waals surface area contributed by atoms with E-state index in [1.165, 1.54) is 0 Å². The van der Waals surface area contributed by atoms with Gasteiger partial charge in [0.05, 0.1) is 0 Å². The van der Waals surface area contributed by atoms with Crippen molar-refractivity contribution >= 4 is 17.1 Å². The van der Waals surface area contributed by atoms with Crippen molar-refractivity contribution in [2.24, 2.45) is 0 Å². The van der Waals surface area contributed by atoms with Gasteiger partial charge in [-0.3, -0.25) is 4.79 Å². The Labute approximate surface area is 116 Å². The van der Waals surface area contributed by atoms with Crippen molar-refractivity contribution in [2.45, 2.75) is 0 Å². The molecule has 92 valence electrons. The fraction of sp³-hybridized carbons (Fsp3) is 0. The fourth-order valence-corrected chi connectivity index (χ4v) is 2.64. The van der Waals surface area contributed by atoms with Crippen LogP contribution in [0, 0.1) is 0 Å². The highest BCUT2D eigenvalue weighted by Gasteiger charge is 2.09. The van der Waals surface area contributed by atoms with Gasteiger partial charge in [-0.1, -0.05) is 54.6 Å². The zero-order valence-electron chi connectivity index (χ0n) is 10.2. The molecular weight excluding hydrogens is 252 g/mol. The Kier molecular flexibility index (Phi) is 3.25. The van der Waals surface area contributed by atoms with E-state index in [9.17, 15) is 4.79 Å². The van der Waals surface area contributed by atoms with E-state index in [0.717, 1.165) is 22.3 Å². The Morgan fingerprint density at radius 1 is 0.737 bits per heavy atom. The van der Waals surface area contributed by atoms with Crippen LogP contribution < -0.4 is 0 Å². The summed E-state index contributed by atoms with van der Waals surface area (Å²) in [5.74, 6) is 0.0841. The molecule has 0 amide bonds. The molecule has 0 radical (unpaired) electrons. The SMILES string of the molecule is O=C(c1ccc(-c2ccccc2)cc1)c1ccsc1. The van der Waals surface area contributed by atoms with Crippen LogP contribution in [0.3, 0.4) is 0 Å². The first-order valence-corrected chi connectivity index (χ1v) is 7.01. The van der Waals surface area contributed by atoms with E-state index in [4.69, 9.17) is 0 Å². The smallest absolute Gasteiger partial charge is 0.193 e. The van der Waals surface area contributed by atoms with Crippen molar-refractivity contribution in [1.29, 1.82) is 0 Å². The van der Waals surface area contributed by atoms with Crippen LogP contribution in [-0.2, 0) is 0 Å². The summed E-state index contributed by atoms with van der Waals surface area (Å²) >= 11 is 1.54. The lowest BCUT2D eigenvalue weighted by Crippen LogP contribution is -1.98. The molecule has 3 aromatic rings. The number of ketones is 1. The van der Waals surface area contributed by atoms with Crippen molar-refractivity contribution < 1.29 is 4.79 Å². The molecule has 0 saturated heterocycles. The van der Waals surface area contributed by atoms with Gasteiger partial charge in [-0.2, -0.15) is 11.3 Å². The van der Waals surface area contributed by atoms with Gasteiger partial charge in [-0.25, -0.2) is 0 Å². The molecule has 0 saturated carbocycles. The molecule has 0 fully saturated rings. The predicted molar refractivity (Wildman–Crippen MR) is 79.6 cm³/mol. The maximum atomic E-state index is 12.2. The number of rotatable bonds is 3. The third kappa shape index (κ3) is 2.49. The van der Waals surface area contributed by atoms with Crippen LogP contribution in [0.1, 0.15) is 15.9 Å². The van der Waals surface area contributed by atoms with Crippen LogP contribution in [0.4, 0.5) is 0 Å². The van der Waals surface area contributed by atoms with Crippen LogP contribution in [-0.4, -0.2) is 5.78 Å². The molecular formula is C17H12OS. The molecule has 0 unspecified atom stereocenters. The predicted octanol–water partition coefficient (Wildman–Crippen LogP) is 4.65. The minimum atomic E-state index is 0.0841. The standard InChI is InChI=1S/C17H12OS/c18-17(16-10-11-19-12-16)15-8-6-14(7-9-15)13-4-2-1-3-5-13/h1-12H. The first-order chi connectivity index (χ1) is 9.34. The molecule has 0 aliphatic carbocycles. The number of hydrogen-bond donors (Lipinski definition) is 0. The van der Waals surface area contributed by atoms with E-state index in [2.05, 4.69) is 12.1 Å². The second-order valence-electron chi connectivity index (χ2n) is 4.28. The van der Waals surface area contributed by atoms with Gasteiger partial charge in [0.2, 0.25) is 0 Å². The summed E-state index contributed by atoms with van der Waals surface area (Å²) in [7, 11) is 0. The number of hydrogen-bond acceptors (Lipinski definition) is 2. The van der Waals surface area contributed by atoms with Gasteiger partial charge in [-0.05, 0) is 22.6 Å². The minimum absolute atomic E-state index is 0.0841. The lowest BCUT2D eigenvalue weighted by molar-refractivity contribution is 0.103. The molecule has 3 rings (SSSR count). The third-order valence-electron chi connectivity index (χ3n) is 3.04. The lowest BCUT2D eigenvalue weighted by atomic mass is 10.0. The third-order valence-corrected chi connectivity index (χ3v) is 3.72. The summed E-state index contributed by atoms with van der Waals surface area (Å²) < 4.78 is 0. The summed E-state index contributed by atoms with van der Waals surface area (Å²) in [6.07, 6.45) is 0. The van der Waals surface area contributed by atoms with Crippen molar-refractivity contribution in [3.8, 4) is 11.1 Å². The highest BCUT2D eigenvalue weighted by molar-refractivity contribution is 7.08. The van der Waals surface area contributed by atoms with E-state index >= 15 is 0 Å². The molecule has 19 heavy (non-hydrogen) atoms. The maximum Gasteiger partial charge on any atom is 0.193 e. The molecule has 0 N–H and O–H groups in total. The van der Waals surface area contributed by atoms with Crippen LogP contribution >= 0.6 is 11.3 Å². The Bertz CT molecular complexity index is 667. The van der Waals surface area contributed by atoms with E-state index in [1.807, 2.05) is 59.3 Å². The van der Waals surface area contributed by atoms with Crippen molar-refractivity contribution in [1.82, 2.24) is 0 Å². The van der Waals surface area contributed by atoms with E-state index < -0.39 is 0 Å². The van der Waals surface area contributed by atoms with E-state index in [0.29, 0.717) is 0 Å². The first-order valence-electron chi connectivity index (χ1n) is 6.07. The molecule has 2 aromatic carbocycles. The van der Waals surface area contributed by atoms with Crippen LogP contribution in [0.15, 0.2) is 71.4 Å². The van der Waals surface area contributed by atoms with Gasteiger partial charge in [0.1, 0.15) is 0 Å². The summed E-state index contributed by atoms with van der Waals surface area (Å²) in [6, 6.07) is 19.8. The van der Waals surface area contributed by atoms with Crippen LogP contribution in [0.25, 0.3) is 11.1 Å². The Balaban J connectivity index is 1.90. The highest BCUT2D eigenvalue weighted by atomic mass is 32.1. The summed E-state index contributed by atoms with van der Waals surface area (Å²) in [5, 5.41) is 3.80. The Morgan fingerprint density at radius 3 is 2.05 bits per heavy atom. The van der Waals surface area contributed by atoms with Crippen molar-refractivity contribution in [3.63, 3.8) is 0 Å². The summed E-state index contributed by atoms with van der Waals surface area (Å²) in [6.45, 7) is 0. The topological polar surface area (TPSA) is 17.1 Å². The maximum absolute atomic E-state index is 12.2. The molecule has 1 heterocycles. The largest absolute Gasteiger partial charge is 0.289 e. The van der Waals surface area contributed by atoms with E-state index in [-0.39, 0.29) is 5.78 Å². The minimum Gasteiger partial charge on any atom is -0.289 e. The van der Waals surface area contributed by atoms with Gasteiger partial charge in [-0.15, -0.1) is 0 Å². The summed E-state index contributed by atoms with van der Waals surface area (Å²) in [5.41, 5.74) is 3.79. The van der Waals surface area contributed by atoms with Gasteiger partial charge in [0.25, 0.3) is 0 Å². The highest BCUT2D eigenvalue weighted by Crippen LogP contribution is 2.20. The normalized spacial score (nSPS) is 10.3. The molecule has 0 atom stereocenters. The zero-order chi connectivity index (χ0) is 13.1. The second kappa shape index (κ2) is 5.21. The molecule has 0 aliphatic rings. The lowest BCUT2D eigenvalue weighted by Gasteiger charge is -2.03. The first kappa shape index (κ1) is 11.9. The second-order valence-corrected chi connectivity index (χ2v) is 5.06. The molecule has 0 spiro atoms. The van der Waals surface area contributed by atoms with Crippen LogP contribution in [0.2, 0.25) is 0 Å². The van der Waals surface area contributed by atoms with Gasteiger partial charge in [0, 0.05) is 16.5 Å². The summed E-state index contributed by atoms with van der Waals surface area (Å²) in [4.78, 5) is 12.2. The van der Waals surface area contributed by atoms with Gasteiger partial charge < -0.3 is 0 Å². The van der Waals surface area contributed by atoms with Gasteiger partial charge in [0.15, 0.2) is 5.78 Å². The van der Waals surface area contributed by atoms with Crippen molar-refractivity contribution in [2.75, 3.05) is 0 Å². The number of thiophene rings is 1. The van der Waals surface area contributed by atoms with E-state index in [1.54, 1.807) is 11.3 Å². The molecule has 0 aliphatic heterocycles. The number of carbonyl (C=O) groups excluding carboxylic acids is 1. The quantitative estimate of drug-likeness (QED) is 0.629. The molecule has 1 aromatic heterocycles. The zero-order valence-corrected chi connectivity index (χ0v) is 11.1. The average molecular weight is 264 g/mol. The molecule has 2 heteroatoms. The molecule has 0 bridgehead atoms. The monoisotopic (exact) mass is 264 g/mol. The average Bonchev–Trinajstić information content (AvgIpc) is 3.02. The van der Waals surface area contributed by atoms with Crippen LogP contribution in [0.5, 0.6) is 0 Å². The Hall–Kier alpha value is -2.19. The number of benzene rings is 2. The molecule has 1 nitrogen and oxygen atoms in total. The Morgan fingerprint density at radius 2 is 1.42 bits per heavy atom. The van der Waals surface area contributed by atoms with Crippen molar-refractivity contribution in [3.05, 3.63) is 82.6 Å². The number of carbonyl (C=O) groups is 1. The van der Waals surface area contributed by atoms with Gasteiger partial charge >= 0.3 is 0 Å². The fourth-order valence-electron chi connectivity index (χ4n) is 2.00.